The summed E-state index contributed by atoms with van der Waals surface area (Å²) in [5, 5.41) is 7.33. The molecule has 3 rings (SSSR count). The number of piperidine rings is 1. The molecule has 110 valence electrons. The van der Waals surface area contributed by atoms with Crippen molar-refractivity contribution >= 4 is 11.6 Å². The zero-order valence-electron chi connectivity index (χ0n) is 11.4. The molecule has 1 unspecified atom stereocenters. The lowest BCUT2D eigenvalue weighted by Crippen LogP contribution is -2.42. The summed E-state index contributed by atoms with van der Waals surface area (Å²) in [6.07, 6.45) is 3.22. The predicted octanol–water partition coefficient (Wildman–Crippen LogP) is 2.48. The van der Waals surface area contributed by atoms with Crippen molar-refractivity contribution in [3.05, 3.63) is 34.6 Å². The largest absolute Gasteiger partial charge is 0.373 e. The van der Waals surface area contributed by atoms with E-state index in [0.717, 1.165) is 44.5 Å². The predicted molar refractivity (Wildman–Crippen MR) is 77.4 cm³/mol. The first-order chi connectivity index (χ1) is 9.67. The fourth-order valence-corrected chi connectivity index (χ4v) is 3.36. The summed E-state index contributed by atoms with van der Waals surface area (Å²) < 4.78 is 19.0. The molecule has 20 heavy (non-hydrogen) atoms. The molecule has 0 saturated carbocycles. The van der Waals surface area contributed by atoms with E-state index in [-0.39, 0.29) is 11.4 Å². The van der Waals surface area contributed by atoms with Gasteiger partial charge in [-0.3, -0.25) is 0 Å². The SMILES string of the molecule is Fc1ccc(CNC2COC3(CCNCC3)C2)c(Cl)c1. The molecule has 1 aromatic carbocycles. The maximum absolute atomic E-state index is 13.0. The minimum Gasteiger partial charge on any atom is -0.373 e. The van der Waals surface area contributed by atoms with Crippen molar-refractivity contribution in [2.24, 2.45) is 0 Å². The number of hydrogen-bond donors (Lipinski definition) is 2. The number of benzene rings is 1. The molecule has 3 nitrogen and oxygen atoms in total. The Morgan fingerprint density at radius 2 is 2.20 bits per heavy atom. The topological polar surface area (TPSA) is 33.3 Å². The van der Waals surface area contributed by atoms with Crippen LogP contribution >= 0.6 is 11.6 Å². The van der Waals surface area contributed by atoms with E-state index in [2.05, 4.69) is 10.6 Å². The van der Waals surface area contributed by atoms with Crippen LogP contribution in [0.4, 0.5) is 4.39 Å². The lowest BCUT2D eigenvalue weighted by Gasteiger charge is -2.32. The van der Waals surface area contributed by atoms with Gasteiger partial charge in [0.1, 0.15) is 5.82 Å². The fraction of sp³-hybridized carbons (Fsp3) is 0.600. The normalized spacial score (nSPS) is 25.2. The minimum absolute atomic E-state index is 0.0650. The molecule has 0 aromatic heterocycles. The summed E-state index contributed by atoms with van der Waals surface area (Å²) in [6, 6.07) is 4.90. The molecule has 1 atom stereocenters. The van der Waals surface area contributed by atoms with E-state index in [1.807, 2.05) is 0 Å². The van der Waals surface area contributed by atoms with E-state index < -0.39 is 0 Å². The van der Waals surface area contributed by atoms with Crippen molar-refractivity contribution in [2.75, 3.05) is 19.7 Å². The van der Waals surface area contributed by atoms with Crippen LogP contribution in [0.25, 0.3) is 0 Å². The number of nitrogens with one attached hydrogen (secondary N) is 2. The van der Waals surface area contributed by atoms with E-state index in [9.17, 15) is 4.39 Å². The molecule has 0 amide bonds. The van der Waals surface area contributed by atoms with Crippen molar-refractivity contribution in [3.8, 4) is 0 Å². The van der Waals surface area contributed by atoms with Crippen LogP contribution in [0.1, 0.15) is 24.8 Å². The molecular weight excluding hydrogens is 279 g/mol. The van der Waals surface area contributed by atoms with Gasteiger partial charge in [0, 0.05) is 17.6 Å². The summed E-state index contributed by atoms with van der Waals surface area (Å²) in [6.45, 7) is 3.48. The van der Waals surface area contributed by atoms with Crippen LogP contribution in [0.15, 0.2) is 18.2 Å². The number of hydrogen-bond acceptors (Lipinski definition) is 3. The van der Waals surface area contributed by atoms with Crippen molar-refractivity contribution in [2.45, 2.75) is 37.5 Å². The fourth-order valence-electron chi connectivity index (χ4n) is 3.13. The lowest BCUT2D eigenvalue weighted by molar-refractivity contribution is -0.0194. The van der Waals surface area contributed by atoms with Gasteiger partial charge in [-0.05, 0) is 50.0 Å². The minimum atomic E-state index is -0.295. The van der Waals surface area contributed by atoms with Gasteiger partial charge < -0.3 is 15.4 Å². The molecule has 0 bridgehead atoms. The Hall–Kier alpha value is -0.680. The number of ether oxygens (including phenoxy) is 1. The van der Waals surface area contributed by atoms with Crippen LogP contribution in [0, 0.1) is 5.82 Å². The van der Waals surface area contributed by atoms with Crippen LogP contribution in [-0.4, -0.2) is 31.3 Å². The standard InChI is InChI=1S/C15H20ClFN2O/c16-14-7-12(17)2-1-11(14)9-19-13-8-15(20-10-13)3-5-18-6-4-15/h1-2,7,13,18-19H,3-6,8-10H2. The van der Waals surface area contributed by atoms with Gasteiger partial charge in [-0.25, -0.2) is 4.39 Å². The molecule has 2 aliphatic heterocycles. The first-order valence-electron chi connectivity index (χ1n) is 7.19. The van der Waals surface area contributed by atoms with Gasteiger partial charge in [0.2, 0.25) is 0 Å². The maximum Gasteiger partial charge on any atom is 0.124 e. The Labute approximate surface area is 123 Å². The zero-order valence-corrected chi connectivity index (χ0v) is 12.2. The molecule has 1 aromatic rings. The van der Waals surface area contributed by atoms with Crippen molar-refractivity contribution < 1.29 is 9.13 Å². The molecule has 2 saturated heterocycles. The van der Waals surface area contributed by atoms with Gasteiger partial charge in [-0.2, -0.15) is 0 Å². The Balaban J connectivity index is 1.54. The highest BCUT2D eigenvalue weighted by molar-refractivity contribution is 6.31. The summed E-state index contributed by atoms with van der Waals surface area (Å²) in [7, 11) is 0. The van der Waals surface area contributed by atoms with Gasteiger partial charge in [-0.1, -0.05) is 17.7 Å². The van der Waals surface area contributed by atoms with Crippen molar-refractivity contribution in [1.82, 2.24) is 10.6 Å². The summed E-state index contributed by atoms with van der Waals surface area (Å²) in [5.41, 5.74) is 0.995. The van der Waals surface area contributed by atoms with Crippen LogP contribution < -0.4 is 10.6 Å². The third-order valence-electron chi connectivity index (χ3n) is 4.32. The van der Waals surface area contributed by atoms with Crippen LogP contribution in [0.2, 0.25) is 5.02 Å². The highest BCUT2D eigenvalue weighted by Crippen LogP contribution is 2.34. The molecule has 2 N–H and O–H groups in total. The third kappa shape index (κ3) is 3.14. The van der Waals surface area contributed by atoms with E-state index in [1.165, 1.54) is 12.1 Å². The molecule has 1 spiro atoms. The van der Waals surface area contributed by atoms with E-state index in [4.69, 9.17) is 16.3 Å². The lowest BCUT2D eigenvalue weighted by atomic mass is 9.88. The highest BCUT2D eigenvalue weighted by Gasteiger charge is 2.40. The zero-order chi connectivity index (χ0) is 14.0. The van der Waals surface area contributed by atoms with E-state index in [0.29, 0.717) is 17.6 Å². The van der Waals surface area contributed by atoms with E-state index >= 15 is 0 Å². The Bertz CT molecular complexity index is 477. The van der Waals surface area contributed by atoms with E-state index in [1.54, 1.807) is 6.07 Å². The summed E-state index contributed by atoms with van der Waals surface area (Å²) in [4.78, 5) is 0. The highest BCUT2D eigenvalue weighted by atomic mass is 35.5. The molecule has 2 heterocycles. The monoisotopic (exact) mass is 298 g/mol. The molecular formula is C15H20ClFN2O. The smallest absolute Gasteiger partial charge is 0.124 e. The second-order valence-electron chi connectivity index (χ2n) is 5.76. The quantitative estimate of drug-likeness (QED) is 0.899. The second kappa shape index (κ2) is 5.98. The van der Waals surface area contributed by atoms with Crippen molar-refractivity contribution in [3.63, 3.8) is 0 Å². The van der Waals surface area contributed by atoms with Crippen molar-refractivity contribution in [1.29, 1.82) is 0 Å². The Morgan fingerprint density at radius 3 is 2.95 bits per heavy atom. The van der Waals surface area contributed by atoms with Gasteiger partial charge in [0.15, 0.2) is 0 Å². The maximum atomic E-state index is 13.0. The Kier molecular flexibility index (Phi) is 4.26. The second-order valence-corrected chi connectivity index (χ2v) is 6.17. The number of halogens is 2. The summed E-state index contributed by atoms with van der Waals surface area (Å²) in [5.74, 6) is -0.295. The molecule has 5 heteroatoms. The third-order valence-corrected chi connectivity index (χ3v) is 4.67. The van der Waals surface area contributed by atoms with Gasteiger partial charge >= 0.3 is 0 Å². The first-order valence-corrected chi connectivity index (χ1v) is 7.57. The average molecular weight is 299 g/mol. The van der Waals surface area contributed by atoms with Gasteiger partial charge in [-0.15, -0.1) is 0 Å². The summed E-state index contributed by atoms with van der Waals surface area (Å²) >= 11 is 6.04. The molecule has 2 aliphatic rings. The first kappa shape index (κ1) is 14.3. The van der Waals surface area contributed by atoms with Gasteiger partial charge in [0.05, 0.1) is 12.2 Å². The molecule has 0 radical (unpaired) electrons. The average Bonchev–Trinajstić information content (AvgIpc) is 2.82. The van der Waals surface area contributed by atoms with Gasteiger partial charge in [0.25, 0.3) is 0 Å². The van der Waals surface area contributed by atoms with Crippen LogP contribution in [-0.2, 0) is 11.3 Å². The Morgan fingerprint density at radius 1 is 1.40 bits per heavy atom. The molecule has 2 fully saturated rings. The molecule has 0 aliphatic carbocycles. The number of rotatable bonds is 3. The van der Waals surface area contributed by atoms with Crippen LogP contribution in [0.3, 0.4) is 0 Å². The van der Waals surface area contributed by atoms with Crippen LogP contribution in [0.5, 0.6) is 0 Å².